The van der Waals surface area contributed by atoms with Crippen LogP contribution in [0.15, 0.2) is 78.3 Å². The molecule has 2 heterocycles. The van der Waals surface area contributed by atoms with Gasteiger partial charge in [-0.15, -0.1) is 11.3 Å². The summed E-state index contributed by atoms with van der Waals surface area (Å²) in [4.78, 5) is 13.0. The highest BCUT2D eigenvalue weighted by Gasteiger charge is 2.13. The number of aryl methyl sites for hydroxylation is 1. The summed E-state index contributed by atoms with van der Waals surface area (Å²) in [5.41, 5.74) is 3.90. The van der Waals surface area contributed by atoms with Gasteiger partial charge in [0.2, 0.25) is 0 Å². The minimum atomic E-state index is 0.0222. The van der Waals surface area contributed by atoms with Crippen LogP contribution in [0.3, 0.4) is 0 Å². The first-order chi connectivity index (χ1) is 13.7. The summed E-state index contributed by atoms with van der Waals surface area (Å²) in [5, 5.41) is 6.34. The number of para-hydroxylation sites is 1. The molecule has 0 aliphatic rings. The molecule has 142 valence electrons. The number of carbonyl (C=O) groups excluding carboxylic acids is 1. The van der Waals surface area contributed by atoms with E-state index in [2.05, 4.69) is 77.6 Å². The third-order valence-electron chi connectivity index (χ3n) is 5.04. The van der Waals surface area contributed by atoms with Crippen LogP contribution in [0.25, 0.3) is 10.9 Å². The van der Waals surface area contributed by atoms with E-state index in [-0.39, 0.29) is 11.9 Å². The van der Waals surface area contributed by atoms with Crippen LogP contribution in [-0.2, 0) is 13.0 Å². The molecule has 4 heteroatoms. The van der Waals surface area contributed by atoms with Gasteiger partial charge in [-0.1, -0.05) is 54.6 Å². The van der Waals surface area contributed by atoms with Gasteiger partial charge in [-0.05, 0) is 48.4 Å². The summed E-state index contributed by atoms with van der Waals surface area (Å²) in [6.45, 7) is 2.95. The van der Waals surface area contributed by atoms with Crippen molar-refractivity contribution in [1.29, 1.82) is 0 Å². The first-order valence-electron chi connectivity index (χ1n) is 9.66. The van der Waals surface area contributed by atoms with Crippen molar-refractivity contribution in [2.45, 2.75) is 32.4 Å². The van der Waals surface area contributed by atoms with Crippen molar-refractivity contribution in [3.63, 3.8) is 0 Å². The van der Waals surface area contributed by atoms with E-state index in [4.69, 9.17) is 0 Å². The minimum absolute atomic E-state index is 0.0222. The Hall–Kier alpha value is -2.85. The lowest BCUT2D eigenvalue weighted by molar-refractivity contribution is 0.0942. The van der Waals surface area contributed by atoms with E-state index in [0.717, 1.165) is 24.3 Å². The molecule has 0 spiro atoms. The number of rotatable bonds is 7. The molecule has 0 saturated heterocycles. The number of benzene rings is 2. The standard InChI is InChI=1S/C24H24N2OS/c1-18(25-24(27)23-12-7-15-28-23)13-14-20-17-26(16-19-8-3-2-4-9-19)22-11-6-5-10-21(20)22/h2-12,15,17-18H,13-14,16H2,1H3,(H,25,27)/t18-/m1/s1. The second-order valence-electron chi connectivity index (χ2n) is 7.18. The Morgan fingerprint density at radius 1 is 1.04 bits per heavy atom. The van der Waals surface area contributed by atoms with Gasteiger partial charge in [0, 0.05) is 29.7 Å². The summed E-state index contributed by atoms with van der Waals surface area (Å²) in [6, 6.07) is 23.0. The molecule has 0 radical (unpaired) electrons. The molecule has 28 heavy (non-hydrogen) atoms. The van der Waals surface area contributed by atoms with Crippen LogP contribution in [0.5, 0.6) is 0 Å². The van der Waals surface area contributed by atoms with Crippen LogP contribution in [0.1, 0.15) is 34.1 Å². The quantitative estimate of drug-likeness (QED) is 0.445. The normalized spacial score (nSPS) is 12.2. The maximum Gasteiger partial charge on any atom is 0.261 e. The average molecular weight is 389 g/mol. The van der Waals surface area contributed by atoms with Crippen LogP contribution in [0.4, 0.5) is 0 Å². The molecule has 2 aromatic carbocycles. The molecule has 4 rings (SSSR count). The number of nitrogens with one attached hydrogen (secondary N) is 1. The number of thiophene rings is 1. The molecule has 1 atom stereocenters. The third-order valence-corrected chi connectivity index (χ3v) is 5.90. The zero-order valence-electron chi connectivity index (χ0n) is 16.0. The smallest absolute Gasteiger partial charge is 0.261 e. The number of amides is 1. The first-order valence-corrected chi connectivity index (χ1v) is 10.5. The predicted octanol–water partition coefficient (Wildman–Crippen LogP) is 5.50. The van der Waals surface area contributed by atoms with E-state index >= 15 is 0 Å². The summed E-state index contributed by atoms with van der Waals surface area (Å²) >= 11 is 1.48. The largest absolute Gasteiger partial charge is 0.349 e. The van der Waals surface area contributed by atoms with Gasteiger partial charge in [-0.2, -0.15) is 0 Å². The fraction of sp³-hybridized carbons (Fsp3) is 0.208. The highest BCUT2D eigenvalue weighted by Crippen LogP contribution is 2.24. The van der Waals surface area contributed by atoms with Crippen molar-refractivity contribution >= 4 is 28.1 Å². The Kier molecular flexibility index (Phi) is 5.58. The number of aromatic nitrogens is 1. The number of carbonyl (C=O) groups is 1. The Morgan fingerprint density at radius 2 is 1.82 bits per heavy atom. The molecule has 4 aromatic rings. The molecular formula is C24H24N2OS. The van der Waals surface area contributed by atoms with Gasteiger partial charge in [-0.3, -0.25) is 4.79 Å². The fourth-order valence-electron chi connectivity index (χ4n) is 3.58. The fourth-order valence-corrected chi connectivity index (χ4v) is 4.21. The maximum atomic E-state index is 12.2. The average Bonchev–Trinajstić information content (AvgIpc) is 3.36. The zero-order valence-corrected chi connectivity index (χ0v) is 16.8. The molecule has 0 bridgehead atoms. The second kappa shape index (κ2) is 8.44. The third kappa shape index (κ3) is 4.18. The monoisotopic (exact) mass is 388 g/mol. The van der Waals surface area contributed by atoms with Gasteiger partial charge >= 0.3 is 0 Å². The lowest BCUT2D eigenvalue weighted by atomic mass is 10.1. The van der Waals surface area contributed by atoms with Crippen molar-refractivity contribution in [1.82, 2.24) is 9.88 Å². The topological polar surface area (TPSA) is 34.0 Å². The number of nitrogens with zero attached hydrogens (tertiary/aromatic N) is 1. The molecule has 1 N–H and O–H groups in total. The molecule has 2 aromatic heterocycles. The van der Waals surface area contributed by atoms with Crippen molar-refractivity contribution in [2.75, 3.05) is 0 Å². The molecule has 0 saturated carbocycles. The minimum Gasteiger partial charge on any atom is -0.349 e. The second-order valence-corrected chi connectivity index (χ2v) is 8.12. The van der Waals surface area contributed by atoms with E-state index < -0.39 is 0 Å². The Bertz CT molecular complexity index is 1050. The van der Waals surface area contributed by atoms with Crippen molar-refractivity contribution in [2.24, 2.45) is 0 Å². The molecular weight excluding hydrogens is 364 g/mol. The van der Waals surface area contributed by atoms with Crippen molar-refractivity contribution in [3.05, 3.63) is 94.3 Å². The Morgan fingerprint density at radius 3 is 2.61 bits per heavy atom. The van der Waals surface area contributed by atoms with Crippen molar-refractivity contribution < 1.29 is 4.79 Å². The van der Waals surface area contributed by atoms with Gasteiger partial charge in [0.25, 0.3) is 5.91 Å². The Balaban J connectivity index is 1.47. The van der Waals surface area contributed by atoms with Crippen LogP contribution in [0, 0.1) is 0 Å². The lowest BCUT2D eigenvalue weighted by Gasteiger charge is -2.12. The molecule has 3 nitrogen and oxygen atoms in total. The highest BCUT2D eigenvalue weighted by atomic mass is 32.1. The van der Waals surface area contributed by atoms with Crippen LogP contribution >= 0.6 is 11.3 Å². The number of fused-ring (bicyclic) bond motifs is 1. The van der Waals surface area contributed by atoms with Crippen LogP contribution in [0.2, 0.25) is 0 Å². The Labute approximate surface area is 169 Å². The molecule has 0 aliphatic carbocycles. The highest BCUT2D eigenvalue weighted by molar-refractivity contribution is 7.12. The number of hydrogen-bond acceptors (Lipinski definition) is 2. The molecule has 0 unspecified atom stereocenters. The molecule has 0 fully saturated rings. The van der Waals surface area contributed by atoms with E-state index in [1.54, 1.807) is 0 Å². The van der Waals surface area contributed by atoms with Crippen molar-refractivity contribution in [3.8, 4) is 0 Å². The lowest BCUT2D eigenvalue weighted by Crippen LogP contribution is -2.32. The predicted molar refractivity (Wildman–Crippen MR) is 117 cm³/mol. The van der Waals surface area contributed by atoms with Gasteiger partial charge in [0.1, 0.15) is 0 Å². The van der Waals surface area contributed by atoms with Gasteiger partial charge in [0.15, 0.2) is 0 Å². The first kappa shape index (κ1) is 18.5. The van der Waals surface area contributed by atoms with Gasteiger partial charge in [-0.25, -0.2) is 0 Å². The van der Waals surface area contributed by atoms with Crippen LogP contribution in [-0.4, -0.2) is 16.5 Å². The molecule has 1 amide bonds. The SMILES string of the molecule is C[C@H](CCc1cn(Cc2ccccc2)c2ccccc12)NC(=O)c1cccs1. The summed E-state index contributed by atoms with van der Waals surface area (Å²) < 4.78 is 2.33. The maximum absolute atomic E-state index is 12.2. The van der Waals surface area contributed by atoms with Crippen LogP contribution < -0.4 is 5.32 Å². The van der Waals surface area contributed by atoms with E-state index in [1.807, 2.05) is 17.5 Å². The van der Waals surface area contributed by atoms with E-state index in [9.17, 15) is 4.79 Å². The van der Waals surface area contributed by atoms with E-state index in [1.165, 1.54) is 33.4 Å². The zero-order chi connectivity index (χ0) is 19.3. The summed E-state index contributed by atoms with van der Waals surface area (Å²) in [6.07, 6.45) is 4.12. The summed E-state index contributed by atoms with van der Waals surface area (Å²) in [5.74, 6) is 0.0222. The van der Waals surface area contributed by atoms with Gasteiger partial charge < -0.3 is 9.88 Å². The van der Waals surface area contributed by atoms with E-state index in [0.29, 0.717) is 0 Å². The number of hydrogen-bond donors (Lipinski definition) is 1. The summed E-state index contributed by atoms with van der Waals surface area (Å²) in [7, 11) is 0. The molecule has 0 aliphatic heterocycles. The van der Waals surface area contributed by atoms with Gasteiger partial charge in [0.05, 0.1) is 4.88 Å².